The van der Waals surface area contributed by atoms with Gasteiger partial charge < -0.3 is 14.8 Å². The van der Waals surface area contributed by atoms with Crippen molar-refractivity contribution in [3.05, 3.63) is 59.7 Å². The topological polar surface area (TPSA) is 50.8 Å². The molecule has 2 aromatic rings. The van der Waals surface area contributed by atoms with Crippen LogP contribution < -0.4 is 14.8 Å². The molecular weight excluding hydrogens is 340 g/mol. The van der Waals surface area contributed by atoms with Gasteiger partial charge in [0.2, 0.25) is 12.7 Å². The molecule has 1 atom stereocenters. The lowest BCUT2D eigenvalue weighted by Crippen LogP contribution is -2.36. The van der Waals surface area contributed by atoms with E-state index in [0.29, 0.717) is 19.4 Å². The quantitative estimate of drug-likeness (QED) is 0.817. The first kappa shape index (κ1) is 17.9. The maximum atomic E-state index is 12.4. The fourth-order valence-electron chi connectivity index (χ4n) is 3.84. The maximum Gasteiger partial charge on any atom is 0.231 e. The van der Waals surface area contributed by atoms with Gasteiger partial charge >= 0.3 is 0 Å². The van der Waals surface area contributed by atoms with E-state index in [-0.39, 0.29) is 18.7 Å². The van der Waals surface area contributed by atoms with Gasteiger partial charge in [-0.3, -0.25) is 9.69 Å². The van der Waals surface area contributed by atoms with E-state index in [1.807, 2.05) is 24.3 Å². The largest absolute Gasteiger partial charge is 0.454 e. The van der Waals surface area contributed by atoms with Crippen LogP contribution in [0.15, 0.2) is 48.5 Å². The molecule has 2 aliphatic heterocycles. The second-order valence-electron chi connectivity index (χ2n) is 7.16. The molecule has 0 bridgehead atoms. The Balaban J connectivity index is 1.31. The van der Waals surface area contributed by atoms with Crippen molar-refractivity contribution in [1.29, 1.82) is 0 Å². The van der Waals surface area contributed by atoms with Gasteiger partial charge in [0.1, 0.15) is 0 Å². The number of rotatable bonds is 7. The van der Waals surface area contributed by atoms with Crippen molar-refractivity contribution in [2.45, 2.75) is 31.7 Å². The molecule has 0 aromatic heterocycles. The minimum atomic E-state index is 0.0906. The van der Waals surface area contributed by atoms with Crippen molar-refractivity contribution >= 4 is 5.91 Å². The van der Waals surface area contributed by atoms with Crippen LogP contribution >= 0.6 is 0 Å². The van der Waals surface area contributed by atoms with Gasteiger partial charge in [-0.15, -0.1) is 0 Å². The summed E-state index contributed by atoms with van der Waals surface area (Å²) in [5.41, 5.74) is 2.36. The molecule has 0 saturated carbocycles. The summed E-state index contributed by atoms with van der Waals surface area (Å²) >= 11 is 0. The van der Waals surface area contributed by atoms with Crippen molar-refractivity contribution in [2.75, 3.05) is 26.4 Å². The van der Waals surface area contributed by atoms with Crippen LogP contribution in [0.25, 0.3) is 0 Å². The number of hydrogen-bond donors (Lipinski definition) is 1. The fourth-order valence-corrected chi connectivity index (χ4v) is 3.84. The maximum absolute atomic E-state index is 12.4. The fraction of sp³-hybridized carbons (Fsp3) is 0.409. The number of amides is 1. The van der Waals surface area contributed by atoms with E-state index < -0.39 is 0 Å². The van der Waals surface area contributed by atoms with E-state index in [9.17, 15) is 4.79 Å². The predicted octanol–water partition coefficient (Wildman–Crippen LogP) is 3.30. The number of carbonyl (C=O) groups excluding carboxylic acids is 1. The minimum absolute atomic E-state index is 0.0906. The lowest BCUT2D eigenvalue weighted by molar-refractivity contribution is -0.121. The first-order valence-electron chi connectivity index (χ1n) is 9.74. The minimum Gasteiger partial charge on any atom is -0.454 e. The molecule has 0 spiro atoms. The highest BCUT2D eigenvalue weighted by Gasteiger charge is 2.23. The van der Waals surface area contributed by atoms with Crippen LogP contribution in [0.5, 0.6) is 11.5 Å². The molecule has 1 unspecified atom stereocenters. The Morgan fingerprint density at radius 1 is 1.04 bits per heavy atom. The van der Waals surface area contributed by atoms with Gasteiger partial charge in [0.25, 0.3) is 0 Å². The number of carbonyl (C=O) groups is 1. The monoisotopic (exact) mass is 366 g/mol. The standard InChI is InChI=1S/C22H26N2O3/c25-22(11-9-17-8-10-20-21(14-17)27-16-26-20)23-15-19(24-12-4-5-13-24)18-6-2-1-3-7-18/h1-3,6-8,10,14,19H,4-5,9,11-13,15-16H2,(H,23,25). The molecule has 1 saturated heterocycles. The molecule has 4 rings (SSSR count). The Kier molecular flexibility index (Phi) is 5.58. The van der Waals surface area contributed by atoms with Gasteiger partial charge in [-0.25, -0.2) is 0 Å². The Morgan fingerprint density at radius 3 is 2.63 bits per heavy atom. The van der Waals surface area contributed by atoms with E-state index >= 15 is 0 Å². The van der Waals surface area contributed by atoms with Crippen LogP contribution in [0.3, 0.4) is 0 Å². The third kappa shape index (κ3) is 4.42. The summed E-state index contributed by atoms with van der Waals surface area (Å²) in [5.74, 6) is 1.64. The number of likely N-dealkylation sites (tertiary alicyclic amines) is 1. The van der Waals surface area contributed by atoms with E-state index in [4.69, 9.17) is 9.47 Å². The number of nitrogens with zero attached hydrogens (tertiary/aromatic N) is 1. The van der Waals surface area contributed by atoms with Gasteiger partial charge in [-0.1, -0.05) is 36.4 Å². The van der Waals surface area contributed by atoms with Crippen molar-refractivity contribution < 1.29 is 14.3 Å². The molecule has 5 heteroatoms. The molecule has 1 N–H and O–H groups in total. The summed E-state index contributed by atoms with van der Waals surface area (Å²) in [4.78, 5) is 14.9. The molecule has 2 heterocycles. The van der Waals surface area contributed by atoms with Gasteiger partial charge in [-0.2, -0.15) is 0 Å². The van der Waals surface area contributed by atoms with Crippen molar-refractivity contribution in [2.24, 2.45) is 0 Å². The highest BCUT2D eigenvalue weighted by atomic mass is 16.7. The molecule has 1 amide bonds. The van der Waals surface area contributed by atoms with E-state index in [2.05, 4.69) is 34.5 Å². The third-order valence-electron chi connectivity index (χ3n) is 5.34. The number of fused-ring (bicyclic) bond motifs is 1. The number of aryl methyl sites for hydroxylation is 1. The molecule has 0 radical (unpaired) electrons. The van der Waals surface area contributed by atoms with Crippen molar-refractivity contribution in [3.63, 3.8) is 0 Å². The van der Waals surface area contributed by atoms with Crippen LogP contribution in [-0.2, 0) is 11.2 Å². The third-order valence-corrected chi connectivity index (χ3v) is 5.34. The van der Waals surface area contributed by atoms with Gasteiger partial charge in [0.15, 0.2) is 11.5 Å². The van der Waals surface area contributed by atoms with Crippen LogP contribution in [0.4, 0.5) is 0 Å². The van der Waals surface area contributed by atoms with E-state index in [1.165, 1.54) is 18.4 Å². The highest BCUT2D eigenvalue weighted by Crippen LogP contribution is 2.32. The molecule has 142 valence electrons. The molecule has 27 heavy (non-hydrogen) atoms. The molecule has 5 nitrogen and oxygen atoms in total. The molecule has 1 fully saturated rings. The smallest absolute Gasteiger partial charge is 0.231 e. The van der Waals surface area contributed by atoms with Gasteiger partial charge in [0.05, 0.1) is 6.04 Å². The predicted molar refractivity (Wildman–Crippen MR) is 104 cm³/mol. The van der Waals surface area contributed by atoms with Gasteiger partial charge in [-0.05, 0) is 55.6 Å². The summed E-state index contributed by atoms with van der Waals surface area (Å²) in [6, 6.07) is 16.6. The summed E-state index contributed by atoms with van der Waals surface area (Å²) in [7, 11) is 0. The molecule has 2 aromatic carbocycles. The Morgan fingerprint density at radius 2 is 1.81 bits per heavy atom. The highest BCUT2D eigenvalue weighted by molar-refractivity contribution is 5.76. The number of nitrogens with one attached hydrogen (secondary N) is 1. The SMILES string of the molecule is O=C(CCc1ccc2c(c1)OCO2)NCC(c1ccccc1)N1CCCC1. The van der Waals surface area contributed by atoms with Crippen LogP contribution in [0.2, 0.25) is 0 Å². The van der Waals surface area contributed by atoms with E-state index in [1.54, 1.807) is 0 Å². The van der Waals surface area contributed by atoms with Crippen LogP contribution in [0.1, 0.15) is 36.4 Å². The lowest BCUT2D eigenvalue weighted by atomic mass is 10.1. The van der Waals surface area contributed by atoms with Crippen LogP contribution in [0, 0.1) is 0 Å². The summed E-state index contributed by atoms with van der Waals surface area (Å²) < 4.78 is 10.7. The van der Waals surface area contributed by atoms with Gasteiger partial charge in [0, 0.05) is 13.0 Å². The summed E-state index contributed by atoms with van der Waals surface area (Å²) in [5, 5.41) is 3.14. The number of benzene rings is 2. The summed E-state index contributed by atoms with van der Waals surface area (Å²) in [6.07, 6.45) is 3.64. The average molecular weight is 366 g/mol. The Hall–Kier alpha value is -2.53. The van der Waals surface area contributed by atoms with Crippen LogP contribution in [-0.4, -0.2) is 37.2 Å². The average Bonchev–Trinajstić information content (AvgIpc) is 3.39. The normalized spacial score (nSPS) is 17.0. The Bertz CT molecular complexity index is 772. The second kappa shape index (κ2) is 8.44. The van der Waals surface area contributed by atoms with E-state index in [0.717, 1.165) is 30.2 Å². The zero-order valence-electron chi connectivity index (χ0n) is 15.5. The first-order valence-corrected chi connectivity index (χ1v) is 9.74. The molecule has 0 aliphatic carbocycles. The second-order valence-corrected chi connectivity index (χ2v) is 7.16. The van der Waals surface area contributed by atoms with Crippen molar-refractivity contribution in [1.82, 2.24) is 10.2 Å². The number of hydrogen-bond acceptors (Lipinski definition) is 4. The molecular formula is C22H26N2O3. The van der Waals surface area contributed by atoms with Crippen molar-refractivity contribution in [3.8, 4) is 11.5 Å². The lowest BCUT2D eigenvalue weighted by Gasteiger charge is -2.28. The Labute approximate surface area is 160 Å². The zero-order valence-corrected chi connectivity index (χ0v) is 15.5. The zero-order chi connectivity index (χ0) is 18.5. The first-order chi connectivity index (χ1) is 13.3. The number of ether oxygens (including phenoxy) is 2. The summed E-state index contributed by atoms with van der Waals surface area (Å²) in [6.45, 7) is 3.14. The molecule has 2 aliphatic rings.